The van der Waals surface area contributed by atoms with E-state index in [4.69, 9.17) is 15.9 Å². The molecule has 210 valence electrons. The van der Waals surface area contributed by atoms with E-state index in [0.717, 1.165) is 28.7 Å². The van der Waals surface area contributed by atoms with Crippen LogP contribution in [0.1, 0.15) is 40.4 Å². The van der Waals surface area contributed by atoms with Crippen molar-refractivity contribution < 1.29 is 18.7 Å². The fraction of sp³-hybridized carbons (Fsp3) is 0.206. The maximum absolute atomic E-state index is 13.5. The summed E-state index contributed by atoms with van der Waals surface area (Å²) in [4.78, 5) is 25.3. The van der Waals surface area contributed by atoms with Crippen LogP contribution in [0.15, 0.2) is 103 Å². The first kappa shape index (κ1) is 29.2. The van der Waals surface area contributed by atoms with Crippen molar-refractivity contribution in [3.8, 4) is 11.1 Å². The van der Waals surface area contributed by atoms with E-state index in [0.29, 0.717) is 24.0 Å². The summed E-state index contributed by atoms with van der Waals surface area (Å²) in [6, 6.07) is 30.5. The lowest BCUT2D eigenvalue weighted by Crippen LogP contribution is -2.43. The number of rotatable bonds is 12. The van der Waals surface area contributed by atoms with Gasteiger partial charge in [-0.2, -0.15) is 0 Å². The molecule has 0 aliphatic carbocycles. The van der Waals surface area contributed by atoms with Crippen LogP contribution in [-0.2, 0) is 22.4 Å². The van der Waals surface area contributed by atoms with Gasteiger partial charge in [0.15, 0.2) is 0 Å². The summed E-state index contributed by atoms with van der Waals surface area (Å²) in [7, 11) is 0. The molecule has 1 amide bonds. The Kier molecular flexibility index (Phi) is 9.99. The third-order valence-corrected chi connectivity index (χ3v) is 7.03. The molecule has 0 bridgehead atoms. The normalized spacial score (nSPS) is 12.2. The van der Waals surface area contributed by atoms with E-state index in [1.807, 2.05) is 60.7 Å². The molecule has 0 aliphatic heterocycles. The summed E-state index contributed by atoms with van der Waals surface area (Å²) in [5.41, 5.74) is 10.6. The molecule has 0 saturated heterocycles. The second kappa shape index (κ2) is 14.0. The van der Waals surface area contributed by atoms with Gasteiger partial charge in [-0.15, -0.1) is 0 Å². The number of amidine groups is 1. The largest absolute Gasteiger partial charge is 0.465 e. The molecule has 41 heavy (non-hydrogen) atoms. The van der Waals surface area contributed by atoms with Crippen molar-refractivity contribution in [1.29, 1.82) is 5.41 Å². The van der Waals surface area contributed by atoms with Crippen LogP contribution in [0.4, 0.5) is 4.39 Å². The molecular weight excluding hydrogens is 517 g/mol. The van der Waals surface area contributed by atoms with Crippen LogP contribution in [0.3, 0.4) is 0 Å². The van der Waals surface area contributed by atoms with Crippen molar-refractivity contribution in [3.05, 3.63) is 131 Å². The Morgan fingerprint density at radius 1 is 0.854 bits per heavy atom. The van der Waals surface area contributed by atoms with E-state index in [9.17, 15) is 14.0 Å². The lowest BCUT2D eigenvalue weighted by atomic mass is 9.88. The Hall–Kier alpha value is -4.78. The highest BCUT2D eigenvalue weighted by atomic mass is 19.1. The van der Waals surface area contributed by atoms with E-state index < -0.39 is 5.97 Å². The molecule has 0 fully saturated rings. The highest BCUT2D eigenvalue weighted by molar-refractivity contribution is 5.95. The molecule has 0 saturated carbocycles. The van der Waals surface area contributed by atoms with Crippen LogP contribution >= 0.6 is 0 Å². The Balaban J connectivity index is 1.58. The minimum Gasteiger partial charge on any atom is -0.465 e. The standard InChI is InChI=1S/C34H34FN3O3/c1-23(39)41-22-30(21-25-8-5-9-29(20-25)33(36)37)32(19-10-24-6-3-2-4-7-24)38-34(40)28-13-11-26(12-14-28)27-15-17-31(35)18-16-27/h2-9,11-18,20,30,32H,10,19,21-22H2,1H3,(H3,36,37)(H,38,40). The number of ether oxygens (including phenoxy) is 1. The maximum Gasteiger partial charge on any atom is 0.302 e. The number of nitrogens with two attached hydrogens (primary N) is 1. The first-order valence-electron chi connectivity index (χ1n) is 13.6. The molecule has 2 unspecified atom stereocenters. The second-order valence-electron chi connectivity index (χ2n) is 10.1. The van der Waals surface area contributed by atoms with Gasteiger partial charge >= 0.3 is 5.97 Å². The van der Waals surface area contributed by atoms with Crippen LogP contribution in [0.5, 0.6) is 0 Å². The van der Waals surface area contributed by atoms with E-state index in [1.54, 1.807) is 30.3 Å². The van der Waals surface area contributed by atoms with Crippen molar-refractivity contribution in [3.63, 3.8) is 0 Å². The first-order valence-corrected chi connectivity index (χ1v) is 13.6. The van der Waals surface area contributed by atoms with Crippen LogP contribution in [0, 0.1) is 17.1 Å². The lowest BCUT2D eigenvalue weighted by molar-refractivity contribution is -0.142. The molecule has 2 atom stereocenters. The minimum absolute atomic E-state index is 0.0265. The molecule has 0 radical (unpaired) electrons. The van der Waals surface area contributed by atoms with Crippen molar-refractivity contribution in [1.82, 2.24) is 5.32 Å². The highest BCUT2D eigenvalue weighted by Crippen LogP contribution is 2.22. The molecule has 4 aromatic carbocycles. The summed E-state index contributed by atoms with van der Waals surface area (Å²) < 4.78 is 18.8. The topological polar surface area (TPSA) is 105 Å². The van der Waals surface area contributed by atoms with Gasteiger partial charge in [0.05, 0.1) is 6.61 Å². The van der Waals surface area contributed by atoms with Crippen molar-refractivity contribution in [2.75, 3.05) is 6.61 Å². The molecule has 4 N–H and O–H groups in total. The Morgan fingerprint density at radius 3 is 2.12 bits per heavy atom. The molecule has 0 aromatic heterocycles. The van der Waals surface area contributed by atoms with Gasteiger partial charge < -0.3 is 15.8 Å². The lowest BCUT2D eigenvalue weighted by Gasteiger charge is -2.28. The van der Waals surface area contributed by atoms with Gasteiger partial charge in [-0.3, -0.25) is 15.0 Å². The average Bonchev–Trinajstić information content (AvgIpc) is 2.98. The van der Waals surface area contributed by atoms with E-state index >= 15 is 0 Å². The smallest absolute Gasteiger partial charge is 0.302 e. The van der Waals surface area contributed by atoms with Crippen LogP contribution in [-0.4, -0.2) is 30.4 Å². The van der Waals surface area contributed by atoms with Crippen LogP contribution in [0.25, 0.3) is 11.1 Å². The summed E-state index contributed by atoms with van der Waals surface area (Å²) in [6.45, 7) is 1.50. The zero-order valence-corrected chi connectivity index (χ0v) is 23.0. The van der Waals surface area contributed by atoms with E-state index in [-0.39, 0.29) is 36.1 Å². The van der Waals surface area contributed by atoms with Gasteiger partial charge in [-0.1, -0.05) is 72.8 Å². The number of halogens is 1. The summed E-state index contributed by atoms with van der Waals surface area (Å²) in [5, 5.41) is 11.0. The number of hydrogen-bond acceptors (Lipinski definition) is 4. The Labute approximate surface area is 239 Å². The third kappa shape index (κ3) is 8.60. The number of aryl methyl sites for hydroxylation is 1. The monoisotopic (exact) mass is 551 g/mol. The Morgan fingerprint density at radius 2 is 1.49 bits per heavy atom. The van der Waals surface area contributed by atoms with Crippen molar-refractivity contribution >= 4 is 17.7 Å². The molecule has 7 heteroatoms. The highest BCUT2D eigenvalue weighted by Gasteiger charge is 2.26. The van der Waals surface area contributed by atoms with Gasteiger partial charge in [0.1, 0.15) is 11.7 Å². The first-order chi connectivity index (χ1) is 19.8. The maximum atomic E-state index is 13.5. The van der Waals surface area contributed by atoms with E-state index in [1.165, 1.54) is 19.1 Å². The fourth-order valence-corrected chi connectivity index (χ4v) is 4.81. The molecule has 4 aromatic rings. The predicted octanol–water partition coefficient (Wildman–Crippen LogP) is 5.93. The minimum atomic E-state index is -0.392. The van der Waals surface area contributed by atoms with Crippen LogP contribution in [0.2, 0.25) is 0 Å². The number of carbonyl (C=O) groups excluding carboxylic acids is 2. The number of hydrogen-bond donors (Lipinski definition) is 3. The quantitative estimate of drug-likeness (QED) is 0.115. The van der Waals surface area contributed by atoms with Crippen LogP contribution < -0.4 is 11.1 Å². The zero-order valence-electron chi connectivity index (χ0n) is 23.0. The molecule has 0 spiro atoms. The molecular formula is C34H34FN3O3. The van der Waals surface area contributed by atoms with Gasteiger partial charge in [0, 0.05) is 30.0 Å². The summed E-state index contributed by atoms with van der Waals surface area (Å²) >= 11 is 0. The van der Waals surface area contributed by atoms with Crippen molar-refractivity contribution in [2.24, 2.45) is 11.7 Å². The molecule has 4 rings (SSSR count). The van der Waals surface area contributed by atoms with Crippen molar-refractivity contribution in [2.45, 2.75) is 32.2 Å². The predicted molar refractivity (Wildman–Crippen MR) is 159 cm³/mol. The van der Waals surface area contributed by atoms with Gasteiger partial charge in [0.2, 0.25) is 0 Å². The third-order valence-electron chi connectivity index (χ3n) is 7.03. The molecule has 0 heterocycles. The number of amides is 1. The number of nitrogen functional groups attached to an aromatic ring is 1. The molecule has 6 nitrogen and oxygen atoms in total. The van der Waals surface area contributed by atoms with Gasteiger partial charge in [0.25, 0.3) is 5.91 Å². The fourth-order valence-electron chi connectivity index (χ4n) is 4.81. The van der Waals surface area contributed by atoms with Gasteiger partial charge in [-0.05, 0) is 71.8 Å². The number of benzene rings is 4. The molecule has 0 aliphatic rings. The summed E-state index contributed by atoms with van der Waals surface area (Å²) in [6.07, 6.45) is 1.86. The average molecular weight is 552 g/mol. The summed E-state index contributed by atoms with van der Waals surface area (Å²) in [5.74, 6) is -1.19. The Bertz CT molecular complexity index is 1470. The second-order valence-corrected chi connectivity index (χ2v) is 10.1. The number of carbonyl (C=O) groups is 2. The number of nitrogens with one attached hydrogen (secondary N) is 2. The zero-order chi connectivity index (χ0) is 29.2. The van der Waals surface area contributed by atoms with Gasteiger partial charge in [-0.25, -0.2) is 4.39 Å². The number of esters is 1. The SMILES string of the molecule is CC(=O)OCC(Cc1cccc(C(=N)N)c1)C(CCc1ccccc1)NC(=O)c1ccc(-c2ccc(F)cc2)cc1. The van der Waals surface area contributed by atoms with E-state index in [2.05, 4.69) is 5.32 Å².